The Labute approximate surface area is 161 Å². The van der Waals surface area contributed by atoms with Gasteiger partial charge < -0.3 is 9.30 Å². The van der Waals surface area contributed by atoms with Gasteiger partial charge in [0, 0.05) is 24.8 Å². The second-order valence-corrected chi connectivity index (χ2v) is 7.16. The van der Waals surface area contributed by atoms with Crippen molar-refractivity contribution in [1.82, 2.24) is 4.57 Å². The first-order chi connectivity index (χ1) is 12.6. The fourth-order valence-electron chi connectivity index (χ4n) is 2.65. The number of hydrogen-bond donors (Lipinski definition) is 0. The van der Waals surface area contributed by atoms with Crippen LogP contribution in [0.15, 0.2) is 53.5 Å². The lowest BCUT2D eigenvalue weighted by Gasteiger charge is -2.07. The lowest BCUT2D eigenvalue weighted by Crippen LogP contribution is -2.19. The van der Waals surface area contributed by atoms with Crippen molar-refractivity contribution in [3.05, 3.63) is 69.5 Å². The van der Waals surface area contributed by atoms with E-state index in [1.165, 1.54) is 17.4 Å². The summed E-state index contributed by atoms with van der Waals surface area (Å²) >= 11 is 7.75. The topological polar surface area (TPSA) is 43.6 Å². The second-order valence-electron chi connectivity index (χ2n) is 5.74. The molecule has 0 unspecified atom stereocenters. The number of fused-ring (bicyclic) bond motifs is 1. The molecule has 0 radical (unpaired) electrons. The second kappa shape index (κ2) is 8.45. The Morgan fingerprint density at radius 2 is 2.04 bits per heavy atom. The molecule has 0 atom stereocenters. The molecule has 0 fully saturated rings. The molecule has 3 rings (SSSR count). The minimum Gasteiger partial charge on any atom is -0.383 e. The first-order valence-electron chi connectivity index (χ1n) is 8.19. The standard InChI is InChI=1S/C20H19ClN2O2S/c1-14-16(21)9-10-17-19(14)23(12-13-25-2)20(26-17)22-18(24)11-8-15-6-4-3-5-7-15/h3-11H,12-13H2,1-2H3/b11-8+,22-20?. The van der Waals surface area contributed by atoms with Gasteiger partial charge in [0.25, 0.3) is 5.91 Å². The van der Waals surface area contributed by atoms with E-state index in [1.54, 1.807) is 13.2 Å². The SMILES string of the molecule is COCCn1c(=NC(=O)/C=C/c2ccccc2)sc2ccc(Cl)c(C)c21. The molecule has 1 amide bonds. The smallest absolute Gasteiger partial charge is 0.272 e. The number of hydrogen-bond acceptors (Lipinski definition) is 3. The van der Waals surface area contributed by atoms with E-state index in [4.69, 9.17) is 16.3 Å². The molecule has 0 N–H and O–H groups in total. The fourth-order valence-corrected chi connectivity index (χ4v) is 3.93. The summed E-state index contributed by atoms with van der Waals surface area (Å²) in [6, 6.07) is 13.5. The van der Waals surface area contributed by atoms with Crippen LogP contribution in [0.4, 0.5) is 0 Å². The van der Waals surface area contributed by atoms with E-state index in [-0.39, 0.29) is 5.91 Å². The molecular formula is C20H19ClN2O2S. The van der Waals surface area contributed by atoms with E-state index < -0.39 is 0 Å². The lowest BCUT2D eigenvalue weighted by atomic mass is 10.2. The zero-order valence-corrected chi connectivity index (χ0v) is 16.2. The summed E-state index contributed by atoms with van der Waals surface area (Å²) in [5, 5.41) is 0.698. The number of aromatic nitrogens is 1. The van der Waals surface area contributed by atoms with E-state index >= 15 is 0 Å². The summed E-state index contributed by atoms with van der Waals surface area (Å²) in [5.74, 6) is -0.296. The third-order valence-corrected chi connectivity index (χ3v) is 5.43. The maximum atomic E-state index is 12.3. The zero-order chi connectivity index (χ0) is 18.5. The van der Waals surface area contributed by atoms with Crippen molar-refractivity contribution in [3.8, 4) is 0 Å². The molecular weight excluding hydrogens is 368 g/mol. The number of amides is 1. The van der Waals surface area contributed by atoms with Crippen LogP contribution in [0.2, 0.25) is 5.02 Å². The number of carbonyl (C=O) groups excluding carboxylic acids is 1. The van der Waals surface area contributed by atoms with Crippen molar-refractivity contribution >= 4 is 45.1 Å². The van der Waals surface area contributed by atoms with Gasteiger partial charge >= 0.3 is 0 Å². The van der Waals surface area contributed by atoms with E-state index in [9.17, 15) is 4.79 Å². The lowest BCUT2D eigenvalue weighted by molar-refractivity contribution is -0.113. The largest absolute Gasteiger partial charge is 0.383 e. The molecule has 4 nitrogen and oxygen atoms in total. The molecule has 0 aliphatic heterocycles. The van der Waals surface area contributed by atoms with Crippen LogP contribution < -0.4 is 4.80 Å². The molecule has 6 heteroatoms. The third kappa shape index (κ3) is 4.12. The molecule has 3 aromatic rings. The minimum atomic E-state index is -0.296. The Balaban J connectivity index is 2.02. The summed E-state index contributed by atoms with van der Waals surface area (Å²) in [7, 11) is 1.65. The van der Waals surface area contributed by atoms with Gasteiger partial charge in [-0.05, 0) is 36.3 Å². The normalized spacial score (nSPS) is 12.3. The van der Waals surface area contributed by atoms with Gasteiger partial charge in [0.15, 0.2) is 4.80 Å². The van der Waals surface area contributed by atoms with Gasteiger partial charge in [0.1, 0.15) is 0 Å². The van der Waals surface area contributed by atoms with Gasteiger partial charge in [-0.25, -0.2) is 0 Å². The maximum Gasteiger partial charge on any atom is 0.272 e. The molecule has 0 spiro atoms. The summed E-state index contributed by atoms with van der Waals surface area (Å²) in [6.07, 6.45) is 3.25. The number of nitrogens with zero attached hydrogens (tertiary/aromatic N) is 2. The average molecular weight is 387 g/mol. The van der Waals surface area contributed by atoms with E-state index in [1.807, 2.05) is 54.0 Å². The Morgan fingerprint density at radius 1 is 1.27 bits per heavy atom. The number of rotatable bonds is 5. The third-order valence-electron chi connectivity index (χ3n) is 3.97. The van der Waals surface area contributed by atoms with Gasteiger partial charge in [0.2, 0.25) is 0 Å². The summed E-state index contributed by atoms with van der Waals surface area (Å²) in [4.78, 5) is 17.3. The van der Waals surface area contributed by atoms with Crippen LogP contribution in [-0.4, -0.2) is 24.2 Å². The van der Waals surface area contributed by atoms with Crippen molar-refractivity contribution < 1.29 is 9.53 Å². The summed E-state index contributed by atoms with van der Waals surface area (Å²) in [6.45, 7) is 3.10. The van der Waals surface area contributed by atoms with Crippen molar-refractivity contribution in [2.75, 3.05) is 13.7 Å². The molecule has 0 aliphatic rings. The highest BCUT2D eigenvalue weighted by molar-refractivity contribution is 7.16. The van der Waals surface area contributed by atoms with Crippen molar-refractivity contribution in [2.45, 2.75) is 13.5 Å². The number of aryl methyl sites for hydroxylation is 1. The van der Waals surface area contributed by atoms with Crippen LogP contribution in [0.3, 0.4) is 0 Å². The fraction of sp³-hybridized carbons (Fsp3) is 0.200. The Morgan fingerprint density at radius 3 is 2.77 bits per heavy atom. The van der Waals surface area contributed by atoms with Gasteiger partial charge in [0.05, 0.1) is 16.8 Å². The van der Waals surface area contributed by atoms with E-state index in [0.29, 0.717) is 23.0 Å². The highest BCUT2D eigenvalue weighted by Crippen LogP contribution is 2.27. The molecule has 0 saturated carbocycles. The summed E-state index contributed by atoms with van der Waals surface area (Å²) < 4.78 is 8.25. The predicted molar refractivity (Wildman–Crippen MR) is 107 cm³/mol. The van der Waals surface area contributed by atoms with Crippen LogP contribution >= 0.6 is 22.9 Å². The quantitative estimate of drug-likeness (QED) is 0.608. The van der Waals surface area contributed by atoms with Gasteiger partial charge in [-0.1, -0.05) is 53.3 Å². The van der Waals surface area contributed by atoms with Crippen LogP contribution in [0.5, 0.6) is 0 Å². The van der Waals surface area contributed by atoms with Crippen molar-refractivity contribution in [2.24, 2.45) is 4.99 Å². The molecule has 2 aromatic carbocycles. The van der Waals surface area contributed by atoms with Gasteiger partial charge in [-0.3, -0.25) is 4.79 Å². The predicted octanol–water partition coefficient (Wildman–Crippen LogP) is 4.45. The Kier molecular flexibility index (Phi) is 6.04. The Bertz CT molecular complexity index is 1020. The number of benzene rings is 2. The first kappa shape index (κ1) is 18.6. The number of carbonyl (C=O) groups is 1. The number of thiazole rings is 1. The molecule has 1 heterocycles. The van der Waals surface area contributed by atoms with Gasteiger partial charge in [-0.2, -0.15) is 4.99 Å². The highest BCUT2D eigenvalue weighted by Gasteiger charge is 2.11. The van der Waals surface area contributed by atoms with Crippen LogP contribution in [0.1, 0.15) is 11.1 Å². The molecule has 0 aliphatic carbocycles. The van der Waals surface area contributed by atoms with Crippen LogP contribution in [-0.2, 0) is 16.1 Å². The average Bonchev–Trinajstić information content (AvgIpc) is 3.00. The molecule has 26 heavy (non-hydrogen) atoms. The van der Waals surface area contributed by atoms with Crippen LogP contribution in [0.25, 0.3) is 16.3 Å². The molecule has 134 valence electrons. The number of ether oxygens (including phenoxy) is 1. The molecule has 1 aromatic heterocycles. The maximum absolute atomic E-state index is 12.3. The number of methoxy groups -OCH3 is 1. The monoisotopic (exact) mass is 386 g/mol. The Hall–Kier alpha value is -2.21. The van der Waals surface area contributed by atoms with Crippen LogP contribution in [0, 0.1) is 6.92 Å². The number of halogens is 1. The van der Waals surface area contributed by atoms with E-state index in [2.05, 4.69) is 4.99 Å². The highest BCUT2D eigenvalue weighted by atomic mass is 35.5. The van der Waals surface area contributed by atoms with Crippen molar-refractivity contribution in [3.63, 3.8) is 0 Å². The van der Waals surface area contributed by atoms with Gasteiger partial charge in [-0.15, -0.1) is 0 Å². The van der Waals surface area contributed by atoms with Crippen molar-refractivity contribution in [1.29, 1.82) is 0 Å². The zero-order valence-electron chi connectivity index (χ0n) is 14.6. The summed E-state index contributed by atoms with van der Waals surface area (Å²) in [5.41, 5.74) is 2.94. The van der Waals surface area contributed by atoms with E-state index in [0.717, 1.165) is 21.3 Å². The first-order valence-corrected chi connectivity index (χ1v) is 9.39. The molecule has 0 bridgehead atoms. The minimum absolute atomic E-state index is 0.296. The molecule has 0 saturated heterocycles.